The van der Waals surface area contributed by atoms with Crippen LogP contribution in [0, 0.1) is 21.4 Å². The van der Waals surface area contributed by atoms with Crippen LogP contribution in [0.25, 0.3) is 21.9 Å². The second kappa shape index (κ2) is 6.94. The normalized spacial score (nSPS) is 10.7. The van der Waals surface area contributed by atoms with E-state index < -0.39 is 34.2 Å². The number of furan rings is 1. The van der Waals surface area contributed by atoms with E-state index in [1.807, 2.05) is 24.3 Å². The monoisotopic (exact) mass is 388 g/mol. The van der Waals surface area contributed by atoms with Crippen LogP contribution >= 0.6 is 0 Å². The van der Waals surface area contributed by atoms with Crippen LogP contribution in [0.1, 0.15) is 5.56 Å². The molecule has 4 aromatic rings. The lowest BCUT2D eigenvalue weighted by atomic mass is 10.1. The first-order valence-electron chi connectivity index (χ1n) is 8.46. The van der Waals surface area contributed by atoms with Crippen LogP contribution in [0.3, 0.4) is 0 Å². The van der Waals surface area contributed by atoms with Crippen molar-refractivity contribution in [3.05, 3.63) is 80.8 Å². The number of rotatable bonds is 4. The van der Waals surface area contributed by atoms with Crippen LogP contribution in [0.5, 0.6) is 0 Å². The summed E-state index contributed by atoms with van der Waals surface area (Å²) in [6, 6.07) is 15.1. The summed E-state index contributed by atoms with van der Waals surface area (Å²) >= 11 is 0. The molecule has 142 valence electrons. The Morgan fingerprint density at radius 2 is 1.93 bits per heavy atom. The smallest absolute Gasteiger partial charge is 0.287 e. The summed E-state index contributed by atoms with van der Waals surface area (Å²) in [7, 11) is 0. The van der Waals surface area contributed by atoms with E-state index in [0.717, 1.165) is 33.2 Å². The number of carbonyl (C=O) groups is 1. The zero-order chi connectivity index (χ0) is 20.5. The van der Waals surface area contributed by atoms with Crippen LogP contribution < -0.4 is 10.9 Å². The van der Waals surface area contributed by atoms with Crippen molar-refractivity contribution >= 4 is 39.2 Å². The van der Waals surface area contributed by atoms with Gasteiger partial charge in [0.2, 0.25) is 5.91 Å². The van der Waals surface area contributed by atoms with E-state index in [-0.39, 0.29) is 0 Å². The number of fused-ring (bicyclic) bond motifs is 3. The molecular formula is C20H12N4O5. The van der Waals surface area contributed by atoms with Gasteiger partial charge in [-0.1, -0.05) is 18.2 Å². The molecule has 9 nitrogen and oxygen atoms in total. The van der Waals surface area contributed by atoms with Crippen molar-refractivity contribution in [1.29, 1.82) is 5.26 Å². The predicted octanol–water partition coefficient (Wildman–Crippen LogP) is 3.17. The molecule has 1 N–H and O–H groups in total. The minimum absolute atomic E-state index is 0.404. The fourth-order valence-corrected chi connectivity index (χ4v) is 3.08. The minimum Gasteiger partial charge on any atom is -0.456 e. The van der Waals surface area contributed by atoms with Gasteiger partial charge in [0, 0.05) is 22.5 Å². The Morgan fingerprint density at radius 3 is 2.69 bits per heavy atom. The van der Waals surface area contributed by atoms with Gasteiger partial charge in [0.25, 0.3) is 11.2 Å². The van der Waals surface area contributed by atoms with Crippen molar-refractivity contribution in [1.82, 2.24) is 4.57 Å². The number of nitrogens with zero attached hydrogens (tertiary/aromatic N) is 3. The van der Waals surface area contributed by atoms with E-state index in [4.69, 9.17) is 9.68 Å². The molecule has 2 heterocycles. The van der Waals surface area contributed by atoms with Gasteiger partial charge >= 0.3 is 0 Å². The summed E-state index contributed by atoms with van der Waals surface area (Å²) in [6.45, 7) is -0.473. The van der Waals surface area contributed by atoms with Gasteiger partial charge in [-0.15, -0.1) is 0 Å². The Morgan fingerprint density at radius 1 is 1.17 bits per heavy atom. The summed E-state index contributed by atoms with van der Waals surface area (Å²) in [5.41, 5.74) is 0.243. The van der Waals surface area contributed by atoms with Crippen molar-refractivity contribution in [2.75, 3.05) is 5.32 Å². The van der Waals surface area contributed by atoms with Gasteiger partial charge in [0.05, 0.1) is 11.1 Å². The first-order chi connectivity index (χ1) is 14.0. The van der Waals surface area contributed by atoms with E-state index in [0.29, 0.717) is 11.3 Å². The summed E-state index contributed by atoms with van der Waals surface area (Å²) in [4.78, 5) is 34.8. The molecule has 0 saturated carbocycles. The molecule has 1 amide bonds. The Hall–Kier alpha value is -4.45. The zero-order valence-corrected chi connectivity index (χ0v) is 14.8. The van der Waals surface area contributed by atoms with Crippen LogP contribution in [0.15, 0.2) is 63.9 Å². The second-order valence-electron chi connectivity index (χ2n) is 6.27. The summed E-state index contributed by atoms with van der Waals surface area (Å²) in [5, 5.41) is 24.3. The highest BCUT2D eigenvalue weighted by molar-refractivity contribution is 6.06. The quantitative estimate of drug-likeness (QED) is 0.422. The number of para-hydroxylation sites is 1. The van der Waals surface area contributed by atoms with E-state index in [1.54, 1.807) is 24.3 Å². The summed E-state index contributed by atoms with van der Waals surface area (Å²) < 4.78 is 6.58. The molecule has 4 rings (SSSR count). The molecule has 2 aromatic heterocycles. The molecule has 0 fully saturated rings. The molecule has 2 aromatic carbocycles. The number of hydrogen-bond acceptors (Lipinski definition) is 6. The van der Waals surface area contributed by atoms with Gasteiger partial charge in [-0.25, -0.2) is 0 Å². The average Bonchev–Trinajstić information content (AvgIpc) is 3.07. The number of anilines is 1. The lowest BCUT2D eigenvalue weighted by Crippen LogP contribution is -2.29. The molecule has 29 heavy (non-hydrogen) atoms. The third kappa shape index (κ3) is 3.30. The summed E-state index contributed by atoms with van der Waals surface area (Å²) in [5.74, 6) is -0.566. The number of nitro groups is 1. The average molecular weight is 388 g/mol. The van der Waals surface area contributed by atoms with E-state index in [9.17, 15) is 19.7 Å². The number of nitriles is 1. The molecule has 9 heteroatoms. The molecule has 0 atom stereocenters. The largest absolute Gasteiger partial charge is 0.456 e. The number of benzene rings is 2. The van der Waals surface area contributed by atoms with Crippen molar-refractivity contribution in [3.63, 3.8) is 0 Å². The molecule has 0 aliphatic carbocycles. The number of aromatic nitrogens is 1. The maximum Gasteiger partial charge on any atom is 0.287 e. The first-order valence-corrected chi connectivity index (χ1v) is 8.46. The van der Waals surface area contributed by atoms with Crippen molar-refractivity contribution in [2.45, 2.75) is 6.54 Å². The molecule has 0 radical (unpaired) electrons. The Labute approximate surface area is 162 Å². The fourth-order valence-electron chi connectivity index (χ4n) is 3.08. The van der Waals surface area contributed by atoms with Gasteiger partial charge in [-0.05, 0) is 24.3 Å². The maximum absolute atomic E-state index is 12.4. The maximum atomic E-state index is 12.4. The number of nitrogens with one attached hydrogen (secondary N) is 1. The highest BCUT2D eigenvalue weighted by Crippen LogP contribution is 2.30. The first kappa shape index (κ1) is 17.9. The molecule has 0 unspecified atom stereocenters. The van der Waals surface area contributed by atoms with Gasteiger partial charge in [-0.2, -0.15) is 5.26 Å². The van der Waals surface area contributed by atoms with Crippen molar-refractivity contribution < 1.29 is 14.1 Å². The van der Waals surface area contributed by atoms with Crippen LogP contribution in [0.4, 0.5) is 11.4 Å². The predicted molar refractivity (Wildman–Crippen MR) is 104 cm³/mol. The molecule has 0 bridgehead atoms. The second-order valence-corrected chi connectivity index (χ2v) is 6.27. The van der Waals surface area contributed by atoms with E-state index >= 15 is 0 Å². The Bertz CT molecular complexity index is 1390. The van der Waals surface area contributed by atoms with Gasteiger partial charge < -0.3 is 9.73 Å². The molecule has 0 aliphatic heterocycles. The van der Waals surface area contributed by atoms with Gasteiger partial charge in [-0.3, -0.25) is 24.3 Å². The zero-order valence-electron chi connectivity index (χ0n) is 14.8. The number of carbonyl (C=O) groups excluding carboxylic acids is 1. The third-order valence-corrected chi connectivity index (χ3v) is 4.38. The van der Waals surface area contributed by atoms with Crippen LogP contribution in [-0.4, -0.2) is 15.4 Å². The van der Waals surface area contributed by atoms with Crippen molar-refractivity contribution in [3.8, 4) is 6.07 Å². The molecule has 0 spiro atoms. The van der Waals surface area contributed by atoms with Gasteiger partial charge in [0.15, 0.2) is 0 Å². The lowest BCUT2D eigenvalue weighted by Gasteiger charge is -2.08. The minimum atomic E-state index is -0.774. The van der Waals surface area contributed by atoms with E-state index in [2.05, 4.69) is 5.32 Å². The van der Waals surface area contributed by atoms with E-state index in [1.165, 1.54) is 0 Å². The van der Waals surface area contributed by atoms with Crippen LogP contribution in [0.2, 0.25) is 0 Å². The van der Waals surface area contributed by atoms with Crippen molar-refractivity contribution in [2.24, 2.45) is 0 Å². The van der Waals surface area contributed by atoms with Gasteiger partial charge in [0.1, 0.15) is 29.3 Å². The fraction of sp³-hybridized carbons (Fsp3) is 0.0500. The number of hydrogen-bond donors (Lipinski definition) is 1. The topological polar surface area (TPSA) is 131 Å². The third-order valence-electron chi connectivity index (χ3n) is 4.38. The summed E-state index contributed by atoms with van der Waals surface area (Å²) in [6.07, 6.45) is 0.940. The number of amides is 1. The Kier molecular flexibility index (Phi) is 4.29. The lowest BCUT2D eigenvalue weighted by molar-refractivity contribution is -0.385. The highest BCUT2D eigenvalue weighted by atomic mass is 16.6. The SMILES string of the molecule is N#Cc1cc([N+](=O)[O-])cn(CC(=O)Nc2ccc3oc4ccccc4c3c2)c1=O. The number of pyridine rings is 1. The molecule has 0 saturated heterocycles. The Balaban J connectivity index is 1.63. The molecule has 0 aliphatic rings. The molecular weight excluding hydrogens is 376 g/mol. The highest BCUT2D eigenvalue weighted by Gasteiger charge is 2.16. The van der Waals surface area contributed by atoms with Crippen LogP contribution in [-0.2, 0) is 11.3 Å². The standard InChI is InChI=1S/C20H12N4O5/c21-9-12-7-14(24(27)28)10-23(20(12)26)11-19(25)22-13-5-6-18-16(8-13)15-3-1-2-4-17(15)29-18/h1-8,10H,11H2,(H,22,25).